The van der Waals surface area contributed by atoms with Crippen LogP contribution in [0.5, 0.6) is 23.0 Å². The van der Waals surface area contributed by atoms with Crippen LogP contribution in [0.4, 0.5) is 5.69 Å². The highest BCUT2D eigenvalue weighted by atomic mass is 16.7. The summed E-state index contributed by atoms with van der Waals surface area (Å²) in [4.78, 5) is 27.8. The van der Waals surface area contributed by atoms with Crippen molar-refractivity contribution in [2.24, 2.45) is 0 Å². The number of carbonyl (C=O) groups is 2. The third-order valence-corrected chi connectivity index (χ3v) is 5.75. The predicted molar refractivity (Wildman–Crippen MR) is 119 cm³/mol. The van der Waals surface area contributed by atoms with E-state index < -0.39 is 0 Å². The van der Waals surface area contributed by atoms with Gasteiger partial charge in [-0.15, -0.1) is 0 Å². The Morgan fingerprint density at radius 2 is 1.69 bits per heavy atom. The number of methoxy groups -OCH3 is 2. The average molecular weight is 440 g/mol. The second-order valence-corrected chi connectivity index (χ2v) is 7.84. The van der Waals surface area contributed by atoms with E-state index in [-0.39, 0.29) is 25.0 Å². The molecular formula is C24H28N2O6. The van der Waals surface area contributed by atoms with Crippen molar-refractivity contribution in [3.05, 3.63) is 41.5 Å². The first-order valence-electron chi connectivity index (χ1n) is 10.8. The molecule has 0 unspecified atom stereocenters. The number of nitrogens with zero attached hydrogens (tertiary/aromatic N) is 1. The summed E-state index contributed by atoms with van der Waals surface area (Å²) in [6.45, 7) is 1.64. The number of rotatable bonds is 7. The Labute approximate surface area is 187 Å². The standard InChI is InChI=1S/C24H28N2O6/c1-29-20-13-17(24(28)26-10-4-3-5-11-26)18(14-21(20)30-2)25-23(27)9-7-16-6-8-19-22(12-16)32-15-31-19/h6,8,12-14H,3-5,7,9-11,15H2,1-2H3,(H,25,27). The number of nitrogens with one attached hydrogen (secondary N) is 1. The minimum absolute atomic E-state index is 0.114. The highest BCUT2D eigenvalue weighted by molar-refractivity contribution is 6.04. The molecule has 1 fully saturated rings. The van der Waals surface area contributed by atoms with Gasteiger partial charge in [0, 0.05) is 25.6 Å². The number of hydrogen-bond acceptors (Lipinski definition) is 6. The first kappa shape index (κ1) is 21.8. The van der Waals surface area contributed by atoms with Crippen LogP contribution in [-0.4, -0.2) is 50.8 Å². The molecule has 0 bridgehead atoms. The van der Waals surface area contributed by atoms with E-state index in [1.165, 1.54) is 14.2 Å². The zero-order chi connectivity index (χ0) is 22.5. The van der Waals surface area contributed by atoms with Gasteiger partial charge in [0.2, 0.25) is 12.7 Å². The van der Waals surface area contributed by atoms with Crippen molar-refractivity contribution in [2.75, 3.05) is 39.4 Å². The zero-order valence-electron chi connectivity index (χ0n) is 18.4. The smallest absolute Gasteiger partial charge is 0.256 e. The van der Waals surface area contributed by atoms with E-state index in [4.69, 9.17) is 18.9 Å². The third-order valence-electron chi connectivity index (χ3n) is 5.75. The van der Waals surface area contributed by atoms with Crippen molar-refractivity contribution >= 4 is 17.5 Å². The van der Waals surface area contributed by atoms with Gasteiger partial charge < -0.3 is 29.2 Å². The molecule has 0 aliphatic carbocycles. The monoisotopic (exact) mass is 440 g/mol. The van der Waals surface area contributed by atoms with Crippen molar-refractivity contribution in [3.8, 4) is 23.0 Å². The summed E-state index contributed by atoms with van der Waals surface area (Å²) in [6.07, 6.45) is 3.88. The molecule has 2 heterocycles. The van der Waals surface area contributed by atoms with Gasteiger partial charge in [0.1, 0.15) is 0 Å². The van der Waals surface area contributed by atoms with E-state index in [0.717, 1.165) is 24.8 Å². The molecule has 170 valence electrons. The Hall–Kier alpha value is -3.42. The Morgan fingerprint density at radius 3 is 2.44 bits per heavy atom. The highest BCUT2D eigenvalue weighted by Gasteiger charge is 2.24. The van der Waals surface area contributed by atoms with Gasteiger partial charge in [-0.05, 0) is 49.4 Å². The molecule has 1 saturated heterocycles. The van der Waals surface area contributed by atoms with E-state index in [1.807, 2.05) is 23.1 Å². The molecule has 4 rings (SSSR count). The number of anilines is 1. The van der Waals surface area contributed by atoms with Crippen molar-refractivity contribution in [1.29, 1.82) is 0 Å². The summed E-state index contributed by atoms with van der Waals surface area (Å²) >= 11 is 0. The molecule has 0 radical (unpaired) electrons. The van der Waals surface area contributed by atoms with Crippen LogP contribution in [0.3, 0.4) is 0 Å². The molecule has 2 aliphatic rings. The van der Waals surface area contributed by atoms with Gasteiger partial charge in [-0.1, -0.05) is 6.07 Å². The van der Waals surface area contributed by atoms with Crippen LogP contribution in [0.15, 0.2) is 30.3 Å². The van der Waals surface area contributed by atoms with E-state index in [0.29, 0.717) is 53.8 Å². The topological polar surface area (TPSA) is 86.3 Å². The van der Waals surface area contributed by atoms with E-state index in [9.17, 15) is 9.59 Å². The van der Waals surface area contributed by atoms with E-state index >= 15 is 0 Å². The Balaban J connectivity index is 1.50. The second-order valence-electron chi connectivity index (χ2n) is 7.84. The molecular weight excluding hydrogens is 412 g/mol. The fourth-order valence-electron chi connectivity index (χ4n) is 3.99. The fourth-order valence-corrected chi connectivity index (χ4v) is 3.99. The number of fused-ring (bicyclic) bond motifs is 1. The SMILES string of the molecule is COc1cc(NC(=O)CCc2ccc3c(c2)OCO3)c(C(=O)N2CCCCC2)cc1OC. The van der Waals surface area contributed by atoms with Crippen molar-refractivity contribution < 1.29 is 28.5 Å². The first-order valence-corrected chi connectivity index (χ1v) is 10.8. The number of hydrogen-bond donors (Lipinski definition) is 1. The van der Waals surface area contributed by atoms with Gasteiger partial charge in [-0.2, -0.15) is 0 Å². The Kier molecular flexibility index (Phi) is 6.68. The van der Waals surface area contributed by atoms with Gasteiger partial charge in [0.25, 0.3) is 5.91 Å². The molecule has 2 amide bonds. The lowest BCUT2D eigenvalue weighted by Gasteiger charge is -2.28. The molecule has 2 aromatic carbocycles. The summed E-state index contributed by atoms with van der Waals surface area (Å²) < 4.78 is 21.5. The number of likely N-dealkylation sites (tertiary alicyclic amines) is 1. The molecule has 0 aromatic heterocycles. The molecule has 8 nitrogen and oxygen atoms in total. The van der Waals surface area contributed by atoms with E-state index in [1.54, 1.807) is 12.1 Å². The lowest BCUT2D eigenvalue weighted by atomic mass is 10.1. The number of benzene rings is 2. The summed E-state index contributed by atoms with van der Waals surface area (Å²) in [5, 5.41) is 2.90. The normalized spacial score (nSPS) is 14.8. The van der Waals surface area contributed by atoms with Gasteiger partial charge in [0.05, 0.1) is 25.5 Å². The summed E-state index contributed by atoms with van der Waals surface area (Å²) in [5.41, 5.74) is 1.80. The molecule has 32 heavy (non-hydrogen) atoms. The molecule has 8 heteroatoms. The van der Waals surface area contributed by atoms with Crippen LogP contribution < -0.4 is 24.3 Å². The highest BCUT2D eigenvalue weighted by Crippen LogP contribution is 2.35. The number of amides is 2. The maximum absolute atomic E-state index is 13.2. The van der Waals surface area contributed by atoms with Gasteiger partial charge in [-0.3, -0.25) is 9.59 Å². The lowest BCUT2D eigenvalue weighted by molar-refractivity contribution is -0.116. The Bertz CT molecular complexity index is 1000. The third kappa shape index (κ3) is 4.74. The van der Waals surface area contributed by atoms with Crippen LogP contribution in [0.2, 0.25) is 0 Å². The van der Waals surface area contributed by atoms with Crippen LogP contribution in [0.1, 0.15) is 41.6 Å². The minimum atomic E-state index is -0.192. The molecule has 0 saturated carbocycles. The van der Waals surface area contributed by atoms with Crippen molar-refractivity contribution in [3.63, 3.8) is 0 Å². The van der Waals surface area contributed by atoms with E-state index in [2.05, 4.69) is 5.32 Å². The Morgan fingerprint density at radius 1 is 0.969 bits per heavy atom. The maximum Gasteiger partial charge on any atom is 0.256 e. The minimum Gasteiger partial charge on any atom is -0.493 e. The van der Waals surface area contributed by atoms with Crippen LogP contribution in [-0.2, 0) is 11.2 Å². The molecule has 2 aromatic rings. The molecule has 0 atom stereocenters. The van der Waals surface area contributed by atoms with Crippen LogP contribution >= 0.6 is 0 Å². The largest absolute Gasteiger partial charge is 0.493 e. The first-order chi connectivity index (χ1) is 15.6. The van der Waals surface area contributed by atoms with Crippen LogP contribution in [0.25, 0.3) is 0 Å². The number of ether oxygens (including phenoxy) is 4. The number of carbonyl (C=O) groups excluding carboxylic acids is 2. The second kappa shape index (κ2) is 9.80. The molecule has 0 spiro atoms. The number of aryl methyl sites for hydroxylation is 1. The van der Waals surface area contributed by atoms with Crippen molar-refractivity contribution in [2.45, 2.75) is 32.1 Å². The molecule has 1 N–H and O–H groups in total. The lowest BCUT2D eigenvalue weighted by Crippen LogP contribution is -2.36. The molecule has 2 aliphatic heterocycles. The number of piperidine rings is 1. The summed E-state index contributed by atoms with van der Waals surface area (Å²) in [5.74, 6) is 2.00. The summed E-state index contributed by atoms with van der Waals surface area (Å²) in [7, 11) is 3.05. The quantitative estimate of drug-likeness (QED) is 0.708. The fraction of sp³-hybridized carbons (Fsp3) is 0.417. The van der Waals surface area contributed by atoms with Crippen LogP contribution in [0, 0.1) is 0 Å². The van der Waals surface area contributed by atoms with Gasteiger partial charge in [0.15, 0.2) is 23.0 Å². The summed E-state index contributed by atoms with van der Waals surface area (Å²) in [6, 6.07) is 8.94. The average Bonchev–Trinajstić information content (AvgIpc) is 3.30. The van der Waals surface area contributed by atoms with Gasteiger partial charge in [-0.25, -0.2) is 0 Å². The van der Waals surface area contributed by atoms with Crippen molar-refractivity contribution in [1.82, 2.24) is 4.90 Å². The predicted octanol–water partition coefficient (Wildman–Crippen LogP) is 3.63. The maximum atomic E-state index is 13.2. The zero-order valence-corrected chi connectivity index (χ0v) is 18.4. The van der Waals surface area contributed by atoms with Gasteiger partial charge >= 0.3 is 0 Å².